The molecule has 0 aliphatic heterocycles. The molecule has 4 aromatic rings. The maximum absolute atomic E-state index is 4.63. The lowest BCUT2D eigenvalue weighted by molar-refractivity contribution is 0.818. The molecular weight excluding hydrogens is 296 g/mol. The molecule has 122 valence electrons. The number of nitrogens with one attached hydrogen (secondary N) is 1. The lowest BCUT2D eigenvalue weighted by atomic mass is 10.0. The molecule has 0 bridgehead atoms. The van der Waals surface area contributed by atoms with E-state index in [0.717, 1.165) is 22.5 Å². The lowest BCUT2D eigenvalue weighted by Crippen LogP contribution is -1.94. The molecule has 0 spiro atoms. The van der Waals surface area contributed by atoms with Crippen molar-refractivity contribution < 1.29 is 0 Å². The van der Waals surface area contributed by atoms with E-state index in [1.165, 1.54) is 16.3 Å². The molecule has 3 aromatic heterocycles. The van der Waals surface area contributed by atoms with Crippen molar-refractivity contribution in [1.82, 2.24) is 19.7 Å². The van der Waals surface area contributed by atoms with Crippen LogP contribution in [0.15, 0.2) is 42.7 Å². The average Bonchev–Trinajstić information content (AvgIpc) is 3.15. The van der Waals surface area contributed by atoms with E-state index in [4.69, 9.17) is 0 Å². The van der Waals surface area contributed by atoms with Gasteiger partial charge in [0.1, 0.15) is 5.65 Å². The average molecular weight is 318 g/mol. The van der Waals surface area contributed by atoms with Crippen LogP contribution in [0.5, 0.6) is 0 Å². The topological polar surface area (TPSA) is 46.5 Å². The molecule has 0 radical (unpaired) electrons. The Hall–Kier alpha value is -2.62. The van der Waals surface area contributed by atoms with Gasteiger partial charge in [-0.1, -0.05) is 27.7 Å². The highest BCUT2D eigenvalue weighted by Crippen LogP contribution is 2.30. The molecule has 0 aliphatic carbocycles. The molecule has 0 aliphatic rings. The van der Waals surface area contributed by atoms with Gasteiger partial charge in [-0.3, -0.25) is 5.10 Å². The van der Waals surface area contributed by atoms with Crippen molar-refractivity contribution in [2.45, 2.75) is 39.5 Å². The molecule has 0 saturated heterocycles. The van der Waals surface area contributed by atoms with Gasteiger partial charge in [0, 0.05) is 28.9 Å². The zero-order chi connectivity index (χ0) is 16.8. The van der Waals surface area contributed by atoms with Gasteiger partial charge in [0.15, 0.2) is 0 Å². The molecule has 1 N–H and O–H groups in total. The van der Waals surface area contributed by atoms with E-state index < -0.39 is 0 Å². The van der Waals surface area contributed by atoms with Crippen LogP contribution in [0.4, 0.5) is 0 Å². The van der Waals surface area contributed by atoms with Crippen molar-refractivity contribution in [3.8, 4) is 5.69 Å². The zero-order valence-corrected chi connectivity index (χ0v) is 14.5. The van der Waals surface area contributed by atoms with Gasteiger partial charge < -0.3 is 4.57 Å². The molecular formula is C20H22N4. The largest absolute Gasteiger partial charge is 0.301 e. The first-order chi connectivity index (χ1) is 11.6. The summed E-state index contributed by atoms with van der Waals surface area (Å²) in [6.07, 6.45) is 4.08. The maximum atomic E-state index is 4.63. The number of nitrogens with zero attached hydrogens (tertiary/aromatic N) is 3. The molecule has 4 nitrogen and oxygen atoms in total. The van der Waals surface area contributed by atoms with E-state index in [-0.39, 0.29) is 0 Å². The minimum Gasteiger partial charge on any atom is -0.301 e. The van der Waals surface area contributed by atoms with Crippen LogP contribution < -0.4 is 0 Å². The van der Waals surface area contributed by atoms with Gasteiger partial charge in [0.25, 0.3) is 0 Å². The van der Waals surface area contributed by atoms with Gasteiger partial charge in [0.2, 0.25) is 0 Å². The van der Waals surface area contributed by atoms with Crippen molar-refractivity contribution >= 4 is 21.9 Å². The number of H-pyrrole nitrogens is 1. The Balaban J connectivity index is 1.97. The van der Waals surface area contributed by atoms with E-state index in [9.17, 15) is 0 Å². The highest BCUT2D eigenvalue weighted by atomic mass is 15.1. The molecule has 4 rings (SSSR count). The second-order valence-corrected chi connectivity index (χ2v) is 6.98. The van der Waals surface area contributed by atoms with E-state index in [1.54, 1.807) is 0 Å². The molecule has 0 saturated carbocycles. The SMILES string of the molecule is CC(C)c1n[nH]c2ccc(-n3cc(C(C)C)c4cccnc43)cc12. The highest BCUT2D eigenvalue weighted by Gasteiger charge is 2.15. The molecule has 0 amide bonds. The third kappa shape index (κ3) is 2.21. The number of hydrogen-bond donors (Lipinski definition) is 1. The summed E-state index contributed by atoms with van der Waals surface area (Å²) in [7, 11) is 0. The van der Waals surface area contributed by atoms with E-state index in [2.05, 4.69) is 77.9 Å². The number of pyridine rings is 1. The van der Waals surface area contributed by atoms with Gasteiger partial charge in [-0.2, -0.15) is 5.10 Å². The number of aromatic amines is 1. The standard InChI is InChI=1S/C20H22N4/c1-12(2)17-11-24(20-15(17)6-5-9-21-20)14-7-8-18-16(10-14)19(13(3)4)23-22-18/h5-13H,1-4H3,(H,22,23). The third-order valence-corrected chi connectivity index (χ3v) is 4.62. The molecule has 4 heteroatoms. The summed E-state index contributed by atoms with van der Waals surface area (Å²) in [5, 5.41) is 10.0. The Morgan fingerprint density at radius 3 is 2.58 bits per heavy atom. The van der Waals surface area contributed by atoms with Gasteiger partial charge in [-0.25, -0.2) is 4.98 Å². The van der Waals surface area contributed by atoms with Crippen molar-refractivity contribution in [1.29, 1.82) is 0 Å². The minimum atomic E-state index is 0.389. The number of fused-ring (bicyclic) bond motifs is 2. The van der Waals surface area contributed by atoms with Crippen LogP contribution in [0.25, 0.3) is 27.6 Å². The van der Waals surface area contributed by atoms with Crippen molar-refractivity contribution in [2.24, 2.45) is 0 Å². The molecule has 0 atom stereocenters. The van der Waals surface area contributed by atoms with Gasteiger partial charge in [-0.15, -0.1) is 0 Å². The maximum Gasteiger partial charge on any atom is 0.144 e. The van der Waals surface area contributed by atoms with Crippen LogP contribution in [-0.4, -0.2) is 19.7 Å². The molecule has 0 fully saturated rings. The van der Waals surface area contributed by atoms with Crippen LogP contribution in [0.3, 0.4) is 0 Å². The Labute approximate surface area is 141 Å². The smallest absolute Gasteiger partial charge is 0.144 e. The fourth-order valence-corrected chi connectivity index (χ4v) is 3.35. The summed E-state index contributed by atoms with van der Waals surface area (Å²) in [6, 6.07) is 10.6. The molecule has 24 heavy (non-hydrogen) atoms. The quantitative estimate of drug-likeness (QED) is 0.568. The Morgan fingerprint density at radius 1 is 1.00 bits per heavy atom. The second-order valence-electron chi connectivity index (χ2n) is 6.98. The summed E-state index contributed by atoms with van der Waals surface area (Å²) < 4.78 is 2.20. The predicted octanol–water partition coefficient (Wildman–Crippen LogP) is 5.15. The molecule has 3 heterocycles. The van der Waals surface area contributed by atoms with Crippen LogP contribution in [-0.2, 0) is 0 Å². The van der Waals surface area contributed by atoms with E-state index in [1.807, 2.05) is 12.3 Å². The first-order valence-electron chi connectivity index (χ1n) is 8.50. The first kappa shape index (κ1) is 14.9. The Kier molecular flexibility index (Phi) is 3.41. The third-order valence-electron chi connectivity index (χ3n) is 4.62. The fourth-order valence-electron chi connectivity index (χ4n) is 3.35. The van der Waals surface area contributed by atoms with Gasteiger partial charge in [-0.05, 0) is 47.7 Å². The normalized spacial score (nSPS) is 12.1. The van der Waals surface area contributed by atoms with E-state index >= 15 is 0 Å². The van der Waals surface area contributed by atoms with Crippen LogP contribution >= 0.6 is 0 Å². The summed E-state index contributed by atoms with van der Waals surface area (Å²) in [5.74, 6) is 0.849. The number of benzene rings is 1. The van der Waals surface area contributed by atoms with Crippen LogP contribution in [0.2, 0.25) is 0 Å². The lowest BCUT2D eigenvalue weighted by Gasteiger charge is -2.06. The number of rotatable bonds is 3. The monoisotopic (exact) mass is 318 g/mol. The Bertz CT molecular complexity index is 1020. The number of hydrogen-bond acceptors (Lipinski definition) is 2. The van der Waals surface area contributed by atoms with Gasteiger partial charge in [0.05, 0.1) is 11.2 Å². The van der Waals surface area contributed by atoms with Crippen molar-refractivity contribution in [3.05, 3.63) is 54.0 Å². The second kappa shape index (κ2) is 5.48. The zero-order valence-electron chi connectivity index (χ0n) is 14.5. The van der Waals surface area contributed by atoms with Crippen molar-refractivity contribution in [2.75, 3.05) is 0 Å². The fraction of sp³-hybridized carbons (Fsp3) is 0.300. The minimum absolute atomic E-state index is 0.389. The van der Waals surface area contributed by atoms with Gasteiger partial charge >= 0.3 is 0 Å². The van der Waals surface area contributed by atoms with E-state index in [0.29, 0.717) is 11.8 Å². The summed E-state index contributed by atoms with van der Waals surface area (Å²) in [6.45, 7) is 8.79. The Morgan fingerprint density at radius 2 is 1.83 bits per heavy atom. The van der Waals surface area contributed by atoms with Crippen molar-refractivity contribution in [3.63, 3.8) is 0 Å². The number of aromatic nitrogens is 4. The molecule has 1 aromatic carbocycles. The highest BCUT2D eigenvalue weighted by molar-refractivity contribution is 5.87. The first-order valence-corrected chi connectivity index (χ1v) is 8.50. The van der Waals surface area contributed by atoms with Crippen LogP contribution in [0, 0.1) is 0 Å². The summed E-state index contributed by atoms with van der Waals surface area (Å²) in [5.41, 5.74) is 5.65. The van der Waals surface area contributed by atoms with Crippen LogP contribution in [0.1, 0.15) is 50.8 Å². The summed E-state index contributed by atoms with van der Waals surface area (Å²) >= 11 is 0. The summed E-state index contributed by atoms with van der Waals surface area (Å²) in [4.78, 5) is 4.63. The molecule has 0 unspecified atom stereocenters. The predicted molar refractivity (Wildman–Crippen MR) is 98.9 cm³/mol.